The molecule has 1 unspecified atom stereocenters. The number of carbonyl (C=O) groups is 2. The highest BCUT2D eigenvalue weighted by atomic mass is 16.6. The normalized spacial score (nSPS) is 18.7. The quantitative estimate of drug-likeness (QED) is 0.704. The van der Waals surface area contributed by atoms with Crippen molar-refractivity contribution in [3.63, 3.8) is 0 Å². The van der Waals surface area contributed by atoms with Crippen LogP contribution in [0.4, 0.5) is 9.59 Å². The summed E-state index contributed by atoms with van der Waals surface area (Å²) < 4.78 is 10.7. The topological polar surface area (TPSA) is 55.8 Å². The van der Waals surface area contributed by atoms with Gasteiger partial charge in [0.15, 0.2) is 0 Å². The zero-order valence-electron chi connectivity index (χ0n) is 14.6. The van der Waals surface area contributed by atoms with Crippen LogP contribution in [-0.2, 0) is 9.47 Å². The molecule has 0 saturated heterocycles. The van der Waals surface area contributed by atoms with Gasteiger partial charge in [0.25, 0.3) is 0 Å². The van der Waals surface area contributed by atoms with E-state index in [0.29, 0.717) is 6.54 Å². The van der Waals surface area contributed by atoms with Crippen molar-refractivity contribution < 1.29 is 19.1 Å². The molecule has 0 heterocycles. The molecule has 0 bridgehead atoms. The Labute approximate surface area is 133 Å². The summed E-state index contributed by atoms with van der Waals surface area (Å²) in [5, 5.41) is 0. The highest BCUT2D eigenvalue weighted by Crippen LogP contribution is 2.21. The van der Waals surface area contributed by atoms with Crippen LogP contribution >= 0.6 is 0 Å². The standard InChI is InChI=1S/C17H29NO4/c1-16(2,3)21-14(19)18(15(20)22-17(4,5)6)12-13-10-8-7-9-11-13/h8,10,13H,7,9,11-12H2,1-6H3. The van der Waals surface area contributed by atoms with E-state index in [0.717, 1.165) is 24.2 Å². The molecule has 2 amide bonds. The van der Waals surface area contributed by atoms with E-state index in [1.54, 1.807) is 41.5 Å². The number of ether oxygens (including phenoxy) is 2. The fourth-order valence-electron chi connectivity index (χ4n) is 2.13. The maximum atomic E-state index is 12.3. The van der Waals surface area contributed by atoms with Crippen molar-refractivity contribution in [1.29, 1.82) is 0 Å². The van der Waals surface area contributed by atoms with Crippen LogP contribution in [0.25, 0.3) is 0 Å². The summed E-state index contributed by atoms with van der Waals surface area (Å²) in [6.45, 7) is 11.0. The van der Waals surface area contributed by atoms with E-state index in [2.05, 4.69) is 12.2 Å². The Kier molecular flexibility index (Phi) is 6.03. The largest absolute Gasteiger partial charge is 0.443 e. The SMILES string of the molecule is CC(C)(C)OC(=O)N(CC1C=CCCC1)C(=O)OC(C)(C)C. The molecule has 1 rings (SSSR count). The summed E-state index contributed by atoms with van der Waals surface area (Å²) in [6.07, 6.45) is 5.93. The van der Waals surface area contributed by atoms with Crippen LogP contribution in [0.5, 0.6) is 0 Å². The van der Waals surface area contributed by atoms with Crippen molar-refractivity contribution >= 4 is 12.2 Å². The minimum Gasteiger partial charge on any atom is -0.443 e. The van der Waals surface area contributed by atoms with Crippen LogP contribution in [0.3, 0.4) is 0 Å². The van der Waals surface area contributed by atoms with Crippen LogP contribution in [0.1, 0.15) is 60.8 Å². The van der Waals surface area contributed by atoms with Crippen molar-refractivity contribution in [1.82, 2.24) is 4.90 Å². The van der Waals surface area contributed by atoms with E-state index in [9.17, 15) is 9.59 Å². The fourth-order valence-corrected chi connectivity index (χ4v) is 2.13. The number of carbonyl (C=O) groups excluding carboxylic acids is 2. The van der Waals surface area contributed by atoms with E-state index in [4.69, 9.17) is 9.47 Å². The van der Waals surface area contributed by atoms with Gasteiger partial charge in [0.2, 0.25) is 0 Å². The Balaban J connectivity index is 2.83. The highest BCUT2D eigenvalue weighted by Gasteiger charge is 2.32. The molecule has 5 nitrogen and oxygen atoms in total. The van der Waals surface area contributed by atoms with Crippen LogP contribution in [-0.4, -0.2) is 34.8 Å². The average Bonchev–Trinajstić information content (AvgIpc) is 2.32. The monoisotopic (exact) mass is 311 g/mol. The molecule has 5 heteroatoms. The lowest BCUT2D eigenvalue weighted by Gasteiger charge is -2.30. The molecular formula is C17H29NO4. The Morgan fingerprint density at radius 1 is 1.05 bits per heavy atom. The predicted octanol–water partition coefficient (Wildman–Crippen LogP) is 4.51. The van der Waals surface area contributed by atoms with E-state index in [-0.39, 0.29) is 5.92 Å². The van der Waals surface area contributed by atoms with E-state index >= 15 is 0 Å². The minimum atomic E-state index is -0.653. The van der Waals surface area contributed by atoms with Gasteiger partial charge >= 0.3 is 12.2 Å². The molecule has 0 spiro atoms. The van der Waals surface area contributed by atoms with Gasteiger partial charge in [-0.25, -0.2) is 14.5 Å². The van der Waals surface area contributed by atoms with Gasteiger partial charge in [-0.1, -0.05) is 12.2 Å². The fraction of sp³-hybridized carbons (Fsp3) is 0.765. The first-order chi connectivity index (χ1) is 9.98. The third-order valence-electron chi connectivity index (χ3n) is 3.00. The smallest absolute Gasteiger partial charge is 0.419 e. The summed E-state index contributed by atoms with van der Waals surface area (Å²) in [4.78, 5) is 25.8. The Hall–Kier alpha value is -1.52. The highest BCUT2D eigenvalue weighted by molar-refractivity contribution is 5.88. The molecule has 0 fully saturated rings. The van der Waals surface area contributed by atoms with Gasteiger partial charge in [0.1, 0.15) is 11.2 Å². The number of hydrogen-bond donors (Lipinski definition) is 0. The van der Waals surface area contributed by atoms with Gasteiger partial charge < -0.3 is 9.47 Å². The summed E-state index contributed by atoms with van der Waals surface area (Å²) >= 11 is 0. The zero-order valence-corrected chi connectivity index (χ0v) is 14.6. The molecule has 126 valence electrons. The third-order valence-corrected chi connectivity index (χ3v) is 3.00. The molecule has 0 saturated carbocycles. The van der Waals surface area contributed by atoms with Crippen molar-refractivity contribution in [3.05, 3.63) is 12.2 Å². The number of rotatable bonds is 2. The maximum Gasteiger partial charge on any atom is 0.419 e. The molecule has 0 aliphatic heterocycles. The van der Waals surface area contributed by atoms with Gasteiger partial charge in [-0.3, -0.25) is 0 Å². The molecule has 0 radical (unpaired) electrons. The molecule has 0 aromatic carbocycles. The summed E-state index contributed by atoms with van der Waals surface area (Å²) in [6, 6.07) is 0. The van der Waals surface area contributed by atoms with Crippen molar-refractivity contribution in [2.24, 2.45) is 5.92 Å². The van der Waals surface area contributed by atoms with Crippen molar-refractivity contribution in [2.45, 2.75) is 72.0 Å². The van der Waals surface area contributed by atoms with E-state index in [1.165, 1.54) is 0 Å². The lowest BCUT2D eigenvalue weighted by Crippen LogP contribution is -2.45. The molecule has 22 heavy (non-hydrogen) atoms. The Morgan fingerprint density at radius 2 is 1.55 bits per heavy atom. The van der Waals surface area contributed by atoms with Gasteiger partial charge in [-0.2, -0.15) is 0 Å². The Morgan fingerprint density at radius 3 is 1.91 bits per heavy atom. The first-order valence-corrected chi connectivity index (χ1v) is 7.88. The predicted molar refractivity (Wildman–Crippen MR) is 85.7 cm³/mol. The average molecular weight is 311 g/mol. The molecular weight excluding hydrogens is 282 g/mol. The second kappa shape index (κ2) is 7.16. The van der Waals surface area contributed by atoms with Crippen LogP contribution in [0.15, 0.2) is 12.2 Å². The van der Waals surface area contributed by atoms with Crippen LogP contribution < -0.4 is 0 Å². The Bertz CT molecular complexity index is 401. The van der Waals surface area contributed by atoms with Gasteiger partial charge in [-0.15, -0.1) is 0 Å². The second-order valence-electron chi connectivity index (χ2n) is 7.69. The first-order valence-electron chi connectivity index (χ1n) is 7.88. The summed E-state index contributed by atoms with van der Waals surface area (Å²) in [7, 11) is 0. The number of allylic oxidation sites excluding steroid dienone is 1. The molecule has 1 atom stereocenters. The molecule has 0 aromatic rings. The van der Waals surface area contributed by atoms with E-state index < -0.39 is 23.4 Å². The van der Waals surface area contributed by atoms with Gasteiger partial charge in [0.05, 0.1) is 0 Å². The van der Waals surface area contributed by atoms with Crippen LogP contribution in [0.2, 0.25) is 0 Å². The third kappa shape index (κ3) is 6.96. The van der Waals surface area contributed by atoms with Crippen molar-refractivity contribution in [3.8, 4) is 0 Å². The van der Waals surface area contributed by atoms with Crippen molar-refractivity contribution in [2.75, 3.05) is 6.54 Å². The second-order valence-corrected chi connectivity index (χ2v) is 7.69. The van der Waals surface area contributed by atoms with Gasteiger partial charge in [0, 0.05) is 6.54 Å². The number of amides is 2. The van der Waals surface area contributed by atoms with E-state index in [1.807, 2.05) is 0 Å². The minimum absolute atomic E-state index is 0.161. The summed E-state index contributed by atoms with van der Waals surface area (Å²) in [5.41, 5.74) is -1.31. The number of imide groups is 1. The van der Waals surface area contributed by atoms with Crippen LogP contribution in [0, 0.1) is 5.92 Å². The zero-order chi connectivity index (χ0) is 17.0. The molecule has 0 N–H and O–H groups in total. The first kappa shape index (κ1) is 18.5. The number of nitrogens with zero attached hydrogens (tertiary/aromatic N) is 1. The maximum absolute atomic E-state index is 12.3. The molecule has 1 aliphatic carbocycles. The number of hydrogen-bond acceptors (Lipinski definition) is 4. The molecule has 0 aromatic heterocycles. The molecule has 1 aliphatic rings. The lowest BCUT2D eigenvalue weighted by molar-refractivity contribution is -0.000627. The van der Waals surface area contributed by atoms with Gasteiger partial charge in [-0.05, 0) is 66.7 Å². The summed E-state index contributed by atoms with van der Waals surface area (Å²) in [5.74, 6) is 0.161. The lowest BCUT2D eigenvalue weighted by atomic mass is 9.95.